The first-order chi connectivity index (χ1) is 18.2. The van der Waals surface area contributed by atoms with Gasteiger partial charge in [0.25, 0.3) is 0 Å². The number of pyridine rings is 1. The molecule has 1 aromatic heterocycles. The Balaban J connectivity index is 0.00000125. The van der Waals surface area contributed by atoms with Crippen LogP contribution in [-0.2, 0) is 17.1 Å². The zero-order valence-electron chi connectivity index (χ0n) is 26.9. The number of benzene rings is 2. The van der Waals surface area contributed by atoms with E-state index in [0.29, 0.717) is 10.0 Å². The molecule has 0 saturated carbocycles. The zero-order chi connectivity index (χ0) is 31.0. The molecule has 3 aromatic rings. The van der Waals surface area contributed by atoms with E-state index >= 15 is 0 Å². The summed E-state index contributed by atoms with van der Waals surface area (Å²) in [5.41, 5.74) is 9.02. The van der Waals surface area contributed by atoms with Crippen LogP contribution in [0.1, 0.15) is 47.5 Å². The van der Waals surface area contributed by atoms with Crippen LogP contribution in [0.4, 0.5) is 11.4 Å². The van der Waals surface area contributed by atoms with Gasteiger partial charge in [0.15, 0.2) is 0 Å². The molecule has 3 rings (SSSR count). The first kappa shape index (κ1) is 39.5. The monoisotopic (exact) mass is 667 g/mol. The molecule has 41 heavy (non-hydrogen) atoms. The summed E-state index contributed by atoms with van der Waals surface area (Å²) in [6.07, 6.45) is 0. The predicted octanol–water partition coefficient (Wildman–Crippen LogP) is 11.3. The minimum atomic E-state index is -0.861. The molecule has 0 spiro atoms. The van der Waals surface area contributed by atoms with Gasteiger partial charge in [-0.05, 0) is 88.1 Å². The van der Waals surface area contributed by atoms with Gasteiger partial charge in [-0.2, -0.15) is 0 Å². The van der Waals surface area contributed by atoms with Crippen LogP contribution in [0, 0.1) is 40.8 Å². The van der Waals surface area contributed by atoms with Gasteiger partial charge in [0.2, 0.25) is 0 Å². The van der Waals surface area contributed by atoms with Crippen LogP contribution in [0.2, 0.25) is 49.3 Å². The Morgan fingerprint density at radius 3 is 1.22 bits per heavy atom. The molecule has 224 valence electrons. The molecule has 0 atom stereocenters. The summed E-state index contributed by atoms with van der Waals surface area (Å²) in [4.78, 5) is 14.3. The summed E-state index contributed by atoms with van der Waals surface area (Å²) in [6, 6.07) is 13.8. The minimum Gasteiger partial charge on any atom is -0.342 e. The van der Waals surface area contributed by atoms with E-state index in [1.165, 1.54) is 0 Å². The van der Waals surface area contributed by atoms with E-state index in [-0.39, 0.29) is 17.1 Å². The number of halogens is 2. The summed E-state index contributed by atoms with van der Waals surface area (Å²) in [7, 11) is -1.72. The number of aromatic nitrogens is 1. The average molecular weight is 669 g/mol. The standard InChI is InChI=1S/C25H25Cl2N3.2C4H11Si.Fe/c1-14-10-16(3)24(20(26)12-14)28-18(5)22-8-7-9-23(30-22)19(6)29-25-17(4)11-15(2)13-21(25)27;2*1-5(2,3)4;/h7-13H,1-6H3;2*1H2,2-4H3;/q;2*-1;+2. The number of aryl methyl sites for hydroxylation is 4. The normalized spacial score (nSPS) is 12.0. The molecule has 3 nitrogen and oxygen atoms in total. The number of hydrogen-bond donors (Lipinski definition) is 0. The molecule has 0 aliphatic carbocycles. The summed E-state index contributed by atoms with van der Waals surface area (Å²) in [6.45, 7) is 33.1. The van der Waals surface area contributed by atoms with Gasteiger partial charge in [0.1, 0.15) is 0 Å². The molecule has 0 N–H and O–H groups in total. The number of rotatable bonds is 4. The fraction of sp³-hybridized carbons (Fsp3) is 0.364. The number of hydrogen-bond acceptors (Lipinski definition) is 3. The van der Waals surface area contributed by atoms with E-state index in [1.54, 1.807) is 0 Å². The third kappa shape index (κ3) is 16.0. The Hall–Kier alpha value is -1.54. The van der Waals surface area contributed by atoms with E-state index in [9.17, 15) is 0 Å². The van der Waals surface area contributed by atoms with Gasteiger partial charge in [-0.1, -0.05) is 80.7 Å². The van der Waals surface area contributed by atoms with Crippen LogP contribution in [0.25, 0.3) is 0 Å². The largest absolute Gasteiger partial charge is 2.00 e. The molecule has 0 fully saturated rings. The zero-order valence-corrected chi connectivity index (χ0v) is 31.5. The molecule has 0 unspecified atom stereocenters. The first-order valence-electron chi connectivity index (χ1n) is 13.5. The van der Waals surface area contributed by atoms with Crippen molar-refractivity contribution >= 4 is 62.1 Å². The number of aliphatic imine (C=N–C) groups is 2. The summed E-state index contributed by atoms with van der Waals surface area (Å²) >= 11 is 12.8. The topological polar surface area (TPSA) is 37.6 Å². The Kier molecular flexibility index (Phi) is 16.3. The van der Waals surface area contributed by atoms with Gasteiger partial charge in [-0.15, -0.1) is 16.1 Å². The van der Waals surface area contributed by atoms with Crippen molar-refractivity contribution in [1.29, 1.82) is 0 Å². The molecule has 0 bridgehead atoms. The molecule has 2 aromatic carbocycles. The molecule has 0 amide bonds. The second-order valence-corrected chi connectivity index (χ2v) is 23.8. The molecule has 8 heteroatoms. The van der Waals surface area contributed by atoms with E-state index in [0.717, 1.165) is 56.4 Å². The third-order valence-electron chi connectivity index (χ3n) is 4.85. The Morgan fingerprint density at radius 1 is 0.659 bits per heavy atom. The van der Waals surface area contributed by atoms with Gasteiger partial charge in [-0.3, -0.25) is 0 Å². The minimum absolute atomic E-state index is 0. The van der Waals surface area contributed by atoms with Gasteiger partial charge < -0.3 is 13.1 Å². The van der Waals surface area contributed by atoms with Crippen LogP contribution in [0.5, 0.6) is 0 Å². The predicted molar refractivity (Wildman–Crippen MR) is 187 cm³/mol. The van der Waals surface area contributed by atoms with E-state index in [2.05, 4.69) is 64.5 Å². The maximum atomic E-state index is 6.42. The van der Waals surface area contributed by atoms with Crippen molar-refractivity contribution in [2.45, 2.75) is 80.8 Å². The quantitative estimate of drug-likeness (QED) is 0.155. The molecule has 1 heterocycles. The van der Waals surface area contributed by atoms with E-state index < -0.39 is 16.1 Å². The van der Waals surface area contributed by atoms with Gasteiger partial charge in [-0.25, -0.2) is 15.0 Å². The molecule has 0 aliphatic heterocycles. The van der Waals surface area contributed by atoms with Crippen molar-refractivity contribution in [1.82, 2.24) is 4.98 Å². The summed E-state index contributed by atoms with van der Waals surface area (Å²) in [5.74, 6) is 0. The van der Waals surface area contributed by atoms with Gasteiger partial charge in [0, 0.05) is 0 Å². The Bertz CT molecular complexity index is 1210. The molecule has 0 radical (unpaired) electrons. The fourth-order valence-electron chi connectivity index (χ4n) is 3.39. The maximum absolute atomic E-state index is 6.42. The van der Waals surface area contributed by atoms with Crippen LogP contribution >= 0.6 is 23.2 Å². The van der Waals surface area contributed by atoms with Gasteiger partial charge >= 0.3 is 17.1 Å². The Morgan fingerprint density at radius 2 is 0.951 bits per heavy atom. The summed E-state index contributed by atoms with van der Waals surface area (Å²) < 4.78 is 0. The average Bonchev–Trinajstić information content (AvgIpc) is 2.76. The van der Waals surface area contributed by atoms with E-state index in [4.69, 9.17) is 38.2 Å². The van der Waals surface area contributed by atoms with Crippen LogP contribution in [0.15, 0.2) is 52.4 Å². The van der Waals surface area contributed by atoms with Crippen molar-refractivity contribution in [2.75, 3.05) is 0 Å². The second-order valence-electron chi connectivity index (χ2n) is 12.7. The fourth-order valence-corrected chi connectivity index (χ4v) is 4.11. The third-order valence-corrected chi connectivity index (χ3v) is 5.42. The van der Waals surface area contributed by atoms with Crippen molar-refractivity contribution in [3.05, 3.63) is 99.2 Å². The van der Waals surface area contributed by atoms with Crippen LogP contribution in [-0.4, -0.2) is 32.6 Å². The second kappa shape index (κ2) is 16.9. The van der Waals surface area contributed by atoms with E-state index in [1.807, 2.05) is 71.9 Å². The molecular formula is C33H47Cl2FeN3Si2. The van der Waals surface area contributed by atoms with Crippen molar-refractivity contribution < 1.29 is 17.1 Å². The first-order valence-corrected chi connectivity index (χ1v) is 21.7. The van der Waals surface area contributed by atoms with Crippen molar-refractivity contribution in [2.24, 2.45) is 9.98 Å². The van der Waals surface area contributed by atoms with Gasteiger partial charge in [0.05, 0.1) is 44.2 Å². The molecular weight excluding hydrogens is 621 g/mol. The number of nitrogens with zero attached hydrogens (tertiary/aromatic N) is 3. The molecule has 0 aliphatic rings. The smallest absolute Gasteiger partial charge is 0.342 e. The molecule has 0 saturated heterocycles. The summed E-state index contributed by atoms with van der Waals surface area (Å²) in [5, 5.41) is 1.29. The van der Waals surface area contributed by atoms with Crippen LogP contribution < -0.4 is 0 Å². The van der Waals surface area contributed by atoms with Crippen molar-refractivity contribution in [3.8, 4) is 0 Å². The van der Waals surface area contributed by atoms with Crippen LogP contribution in [0.3, 0.4) is 0 Å². The SMILES string of the molecule is CC(=Nc1c(C)cc(C)cc1Cl)c1cccc(C(C)=Nc2c(C)cc(C)cc2Cl)n1.[CH2-][Si](C)(C)C.[CH2-][Si](C)(C)C.[Fe+2]. The Labute approximate surface area is 272 Å². The maximum Gasteiger partial charge on any atom is 2.00 e. The van der Waals surface area contributed by atoms with Crippen molar-refractivity contribution in [3.63, 3.8) is 0 Å².